The number of rotatable bonds is 17. The molecule has 0 radical (unpaired) electrons. The summed E-state index contributed by atoms with van der Waals surface area (Å²) in [6.45, 7) is 4.80. The second kappa shape index (κ2) is 51.6. The Morgan fingerprint density at radius 3 is 1.29 bits per heavy atom. The van der Waals surface area contributed by atoms with Gasteiger partial charge in [0.05, 0.1) is 29.9 Å². The number of benzene rings is 6. The minimum absolute atomic E-state index is 0. The number of methoxy groups -OCH3 is 1. The largest absolute Gasteiger partial charge is 1.00 e. The molecule has 0 spiro atoms. The van der Waals surface area contributed by atoms with Gasteiger partial charge < -0.3 is 63.5 Å². The molecule has 3 aromatic heterocycles. The minimum atomic E-state index is -1.23. The van der Waals surface area contributed by atoms with Gasteiger partial charge in [0.25, 0.3) is 24.1 Å². The number of aromatic nitrogens is 6. The molecule has 0 aliphatic carbocycles. The van der Waals surface area contributed by atoms with E-state index < -0.39 is 29.0 Å². The number of hydrogen-bond acceptors (Lipinski definition) is 22. The van der Waals surface area contributed by atoms with Crippen LogP contribution in [0, 0.1) is 0 Å². The molecule has 1 aliphatic heterocycles. The van der Waals surface area contributed by atoms with Crippen molar-refractivity contribution in [3.05, 3.63) is 193 Å². The average Bonchev–Trinajstić information content (AvgIpc) is 1.37. The number of nitrogens with zero attached hydrogens (tertiary/aromatic N) is 6. The Labute approximate surface area is 676 Å². The van der Waals surface area contributed by atoms with E-state index in [4.69, 9.17) is 121 Å². The Morgan fingerprint density at radius 1 is 0.589 bits per heavy atom. The quantitative estimate of drug-likeness (QED) is 0.0214. The molecule has 10 rings (SSSR count). The van der Waals surface area contributed by atoms with Gasteiger partial charge in [-0.05, 0) is 117 Å². The number of carbonyl (C=O) groups is 4. The summed E-state index contributed by atoms with van der Waals surface area (Å²) in [6.07, 6.45) is 3.64. The molecule has 4 atom stereocenters. The Balaban J connectivity index is -0.000000557. The Hall–Kier alpha value is -4.61. The molecule has 1 aliphatic rings. The van der Waals surface area contributed by atoms with Crippen LogP contribution >= 0.6 is 85.5 Å². The monoisotopic (exact) mass is 1550 g/mol. The number of aliphatic carboxylic acids is 1. The van der Waals surface area contributed by atoms with E-state index in [-0.39, 0.29) is 196 Å². The van der Waals surface area contributed by atoms with Crippen LogP contribution in [0.1, 0.15) is 99.0 Å². The van der Waals surface area contributed by atoms with E-state index in [1.165, 1.54) is 18.9 Å². The normalized spacial score (nSPS) is 12.0. The zero-order chi connectivity index (χ0) is 64.0. The maximum Gasteiger partial charge on any atom is 1.00 e. The van der Waals surface area contributed by atoms with Crippen LogP contribution in [0.5, 0.6) is 17.2 Å². The average molecular weight is 1560 g/mol. The smallest absolute Gasteiger partial charge is 1.00 e. The van der Waals surface area contributed by atoms with Crippen molar-refractivity contribution < 1.29 is 185 Å². The van der Waals surface area contributed by atoms with Gasteiger partial charge in [-0.1, -0.05) is 159 Å². The van der Waals surface area contributed by atoms with Gasteiger partial charge in [-0.15, -0.1) is 30.6 Å². The number of carboxylic acid groups (broad SMARTS) is 1. The summed E-state index contributed by atoms with van der Waals surface area (Å²) in [5.74, 6) is -0.639. The third-order valence-corrected chi connectivity index (χ3v) is 13.4. The fourth-order valence-electron chi connectivity index (χ4n) is 7.07. The fourth-order valence-corrected chi connectivity index (χ4v) is 8.40. The standard InChI is InChI=1S/C18H14Cl2N2O4.C16H10Cl2N2O4.C10H10BrClO2.C8H5ClN2O2.C5H10O2.CH2O3.5CH4.2K.H/c1-2-24-18(23)16(11-3-5-12(19)6-4-11)26-15-8-7-13(20)9-14(15)17-22-21-10-25-17;17-10-3-1-9(2-4-10)14(16(21)22)24-13-6-5-11(18)7-12(13)15-20-19-8-23-15;1-2-14-10(13)9(11)7-3-5-8(12)6-4-7;9-5-1-2-7(12)6(3-5)8-11-10-4-13-8;1-6-5-3-2-4-7-5;2-1-4-3;;;;;;;;/h3-10,16H,2H2,1H3;1-8,14H,(H,21,22);3-6,9H,2H2,1H3;1-4,12H;5H,2-4H2,1H3;1,3H;5*1H4;;;/q;;;;;;;;;;;2*+1;-1/p-1. The predicted molar refractivity (Wildman–Crippen MR) is 357 cm³/mol. The molecule has 0 amide bonds. The summed E-state index contributed by atoms with van der Waals surface area (Å²) in [4.78, 5) is 46.2. The Kier molecular flexibility index (Phi) is 51.3. The zero-order valence-corrected chi connectivity index (χ0v) is 60.5. The molecule has 4 heterocycles. The molecule has 95 heavy (non-hydrogen) atoms. The second-order valence-electron chi connectivity index (χ2n) is 16.9. The van der Waals surface area contributed by atoms with Crippen molar-refractivity contribution in [1.29, 1.82) is 0 Å². The number of aromatic hydroxyl groups is 1. The summed E-state index contributed by atoms with van der Waals surface area (Å²) in [6, 6.07) is 34.4. The van der Waals surface area contributed by atoms with Crippen molar-refractivity contribution in [2.24, 2.45) is 0 Å². The number of hydrogen-bond donors (Lipinski definition) is 2. The van der Waals surface area contributed by atoms with E-state index in [0.29, 0.717) is 70.3 Å². The second-order valence-corrected chi connectivity index (χ2v) is 20.4. The van der Waals surface area contributed by atoms with Gasteiger partial charge in [-0.25, -0.2) is 9.59 Å². The Morgan fingerprint density at radius 2 is 0.947 bits per heavy atom. The first-order valence-electron chi connectivity index (χ1n) is 25.4. The molecule has 1 saturated heterocycles. The number of carbonyl (C=O) groups excluding carboxylic acids is 3. The minimum Gasteiger partial charge on any atom is -1.00 e. The van der Waals surface area contributed by atoms with E-state index in [9.17, 15) is 24.6 Å². The Bertz CT molecular complexity index is 3560. The SMILES string of the molecule is C.C.C.C.C.CCOC(=O)C(Br)c1ccc(Cl)cc1.CCOC(=O)C(Oc1ccc(Cl)cc1-c1nnco1)c1ccc(Cl)cc1.COC1CCCO1.O=C(O)C(Oc1ccc(Cl)cc1-c1nnco1)c1ccc(Cl)cc1.O=CO[O-].Oc1ccc(Cl)cc1-c1nnco1.[H-].[K+].[K+]. The third kappa shape index (κ3) is 32.3. The first kappa shape index (κ1) is 94.6. The topological polar surface area (TPSA) is 313 Å². The van der Waals surface area contributed by atoms with Crippen LogP contribution in [-0.4, -0.2) is 98.4 Å². The van der Waals surface area contributed by atoms with Gasteiger partial charge >= 0.3 is 121 Å². The number of carboxylic acids is 1. The van der Waals surface area contributed by atoms with Crippen molar-refractivity contribution in [1.82, 2.24) is 30.6 Å². The van der Waals surface area contributed by atoms with Gasteiger partial charge in [0.1, 0.15) is 22.1 Å². The maximum atomic E-state index is 12.4. The first-order chi connectivity index (χ1) is 42.4. The van der Waals surface area contributed by atoms with Gasteiger partial charge in [-0.3, -0.25) is 9.59 Å². The van der Waals surface area contributed by atoms with E-state index in [1.807, 2.05) is 0 Å². The van der Waals surface area contributed by atoms with Crippen LogP contribution in [0.3, 0.4) is 0 Å². The van der Waals surface area contributed by atoms with E-state index in [0.717, 1.165) is 31.4 Å². The molecule has 6 aromatic carbocycles. The molecule has 23 nitrogen and oxygen atoms in total. The molecular formula is C63H71BrCl6K2N6O17. The van der Waals surface area contributed by atoms with Crippen LogP contribution < -0.4 is 118 Å². The molecule has 1 fully saturated rings. The fraction of sp³-hybridized carbons (Fsp3) is 0.270. The van der Waals surface area contributed by atoms with E-state index in [2.05, 4.69) is 51.4 Å². The van der Waals surface area contributed by atoms with Crippen LogP contribution in [-0.2, 0) is 43.0 Å². The number of esters is 2. The molecular weight excluding hydrogens is 1480 g/mol. The van der Waals surface area contributed by atoms with Crippen molar-refractivity contribution in [2.75, 3.05) is 26.9 Å². The van der Waals surface area contributed by atoms with Crippen molar-refractivity contribution >= 4 is 110 Å². The molecule has 0 saturated carbocycles. The predicted octanol–water partition coefficient (Wildman–Crippen LogP) is 10.9. The van der Waals surface area contributed by atoms with Crippen molar-refractivity contribution in [2.45, 2.75) is 87.1 Å². The van der Waals surface area contributed by atoms with Crippen LogP contribution in [0.25, 0.3) is 34.4 Å². The van der Waals surface area contributed by atoms with Crippen LogP contribution in [0.4, 0.5) is 0 Å². The van der Waals surface area contributed by atoms with Crippen molar-refractivity contribution in [3.63, 3.8) is 0 Å². The van der Waals surface area contributed by atoms with Crippen LogP contribution in [0.2, 0.25) is 30.1 Å². The van der Waals surface area contributed by atoms with Crippen molar-refractivity contribution in [3.8, 4) is 51.6 Å². The summed E-state index contributed by atoms with van der Waals surface area (Å²) >= 11 is 38.5. The first-order valence-corrected chi connectivity index (χ1v) is 28.6. The summed E-state index contributed by atoms with van der Waals surface area (Å²) in [5, 5.41) is 52.5. The van der Waals surface area contributed by atoms with Gasteiger partial charge in [0.15, 0.2) is 6.29 Å². The number of alkyl halides is 1. The van der Waals surface area contributed by atoms with Crippen LogP contribution in [0.15, 0.2) is 160 Å². The van der Waals surface area contributed by atoms with Gasteiger partial charge in [0.2, 0.25) is 31.4 Å². The number of ether oxygens (including phenoxy) is 6. The zero-order valence-electron chi connectivity index (χ0n) is 49.1. The molecule has 9 aromatic rings. The molecule has 0 bridgehead atoms. The molecule has 506 valence electrons. The number of halogens is 7. The molecule has 2 N–H and O–H groups in total. The number of phenols is 1. The summed E-state index contributed by atoms with van der Waals surface area (Å²) in [5.41, 5.74) is 3.19. The van der Waals surface area contributed by atoms with Gasteiger partial charge in [0, 0.05) is 61.4 Å². The maximum absolute atomic E-state index is 12.4. The summed E-state index contributed by atoms with van der Waals surface area (Å²) < 4.78 is 46.9. The molecule has 32 heteroatoms. The molecule has 4 unspecified atom stereocenters. The summed E-state index contributed by atoms with van der Waals surface area (Å²) in [7, 11) is 1.68. The van der Waals surface area contributed by atoms with Gasteiger partial charge in [-0.2, -0.15) is 0 Å². The van der Waals surface area contributed by atoms with E-state index >= 15 is 0 Å². The third-order valence-electron chi connectivity index (χ3n) is 11.0. The van der Waals surface area contributed by atoms with E-state index in [1.54, 1.807) is 142 Å². The number of phenolic OH excluding ortho intramolecular Hbond substituents is 1.